The normalized spacial score (nSPS) is 24.0. The quantitative estimate of drug-likeness (QED) is 0.516. The number of quaternary nitrogens is 1. The average molecular weight is 523 g/mol. The fourth-order valence-corrected chi connectivity index (χ4v) is 6.76. The van der Waals surface area contributed by atoms with Gasteiger partial charge in [-0.3, -0.25) is 9.69 Å². The number of halogens is 1. The Hall–Kier alpha value is -3.39. The van der Waals surface area contributed by atoms with Crippen molar-refractivity contribution in [2.45, 2.75) is 51.6 Å². The number of ether oxygens (including phenoxy) is 2. The van der Waals surface area contributed by atoms with E-state index in [1.807, 2.05) is 29.0 Å². The summed E-state index contributed by atoms with van der Waals surface area (Å²) in [7, 11) is 5.33. The molecule has 0 N–H and O–H groups in total. The molecule has 7 nitrogen and oxygen atoms in total. The van der Waals surface area contributed by atoms with Crippen LogP contribution < -0.4 is 9.47 Å². The van der Waals surface area contributed by atoms with Crippen LogP contribution in [0.4, 0.5) is 9.18 Å². The Kier molecular flexibility index (Phi) is 6.50. The van der Waals surface area contributed by atoms with E-state index in [1.54, 1.807) is 33.3 Å². The summed E-state index contributed by atoms with van der Waals surface area (Å²) >= 11 is 0. The molecular formula is C30H37FN3O4+. The summed E-state index contributed by atoms with van der Waals surface area (Å²) < 4.78 is 25.3. The number of allylic oxidation sites excluding steroid dienone is 1. The Morgan fingerprint density at radius 2 is 1.87 bits per heavy atom. The van der Waals surface area contributed by atoms with Crippen LogP contribution in [0.15, 0.2) is 42.1 Å². The zero-order chi connectivity index (χ0) is 27.4. The number of aryl methyl sites for hydroxylation is 1. The summed E-state index contributed by atoms with van der Waals surface area (Å²) in [6.07, 6.45) is 3.57. The first kappa shape index (κ1) is 26.2. The van der Waals surface area contributed by atoms with Crippen molar-refractivity contribution in [1.29, 1.82) is 0 Å². The summed E-state index contributed by atoms with van der Waals surface area (Å²) in [4.78, 5) is 31.2. The number of carbonyl (C=O) groups excluding carboxylic acids is 2. The van der Waals surface area contributed by atoms with Gasteiger partial charge in [-0.1, -0.05) is 13.0 Å². The number of likely N-dealkylation sites (tertiary alicyclic amines) is 1. The SMILES string of the molecule is CC[N+]1(C)C(=O)N2Cc3cc(OC)cc(OC)c3C(C)C=C2C12CCN(C(=O)c1ccc(F)c(C)c1)CC2. The number of fused-ring (bicyclic) bond motifs is 3. The fourth-order valence-electron chi connectivity index (χ4n) is 6.76. The molecule has 0 bridgehead atoms. The van der Waals surface area contributed by atoms with E-state index in [1.165, 1.54) is 6.07 Å². The Morgan fingerprint density at radius 1 is 1.16 bits per heavy atom. The summed E-state index contributed by atoms with van der Waals surface area (Å²) in [6, 6.07) is 8.50. The molecule has 3 heterocycles. The third kappa shape index (κ3) is 3.72. The Balaban J connectivity index is 1.51. The van der Waals surface area contributed by atoms with Crippen molar-refractivity contribution in [1.82, 2.24) is 9.80 Å². The van der Waals surface area contributed by atoms with E-state index in [9.17, 15) is 14.0 Å². The molecule has 3 amide bonds. The maximum absolute atomic E-state index is 14.1. The minimum Gasteiger partial charge on any atom is -0.497 e. The van der Waals surface area contributed by atoms with E-state index in [0.717, 1.165) is 22.6 Å². The van der Waals surface area contributed by atoms with Crippen LogP contribution in [-0.2, 0) is 6.54 Å². The number of hydrogen-bond acceptors (Lipinski definition) is 4. The number of amides is 3. The van der Waals surface area contributed by atoms with Crippen molar-refractivity contribution in [3.8, 4) is 11.5 Å². The molecule has 2 unspecified atom stereocenters. The smallest absolute Gasteiger partial charge is 0.424 e. The molecule has 202 valence electrons. The van der Waals surface area contributed by atoms with Crippen LogP contribution in [0.2, 0.25) is 0 Å². The van der Waals surface area contributed by atoms with Crippen molar-refractivity contribution in [2.75, 3.05) is 40.9 Å². The molecule has 1 spiro atoms. The number of hydrogen-bond donors (Lipinski definition) is 0. The van der Waals surface area contributed by atoms with E-state index >= 15 is 0 Å². The van der Waals surface area contributed by atoms with Crippen molar-refractivity contribution in [3.05, 3.63) is 70.2 Å². The molecule has 38 heavy (non-hydrogen) atoms. The minimum absolute atomic E-state index is 0.0285. The number of benzene rings is 2. The van der Waals surface area contributed by atoms with E-state index in [-0.39, 0.29) is 28.2 Å². The molecule has 2 saturated heterocycles. The Bertz CT molecular complexity index is 1330. The first-order chi connectivity index (χ1) is 18.1. The fraction of sp³-hybridized carbons (Fsp3) is 0.467. The maximum Gasteiger partial charge on any atom is 0.424 e. The van der Waals surface area contributed by atoms with Gasteiger partial charge in [-0.15, -0.1) is 0 Å². The lowest BCUT2D eigenvalue weighted by molar-refractivity contribution is -0.871. The predicted octanol–water partition coefficient (Wildman–Crippen LogP) is 5.23. The highest BCUT2D eigenvalue weighted by atomic mass is 19.1. The molecule has 2 aromatic carbocycles. The number of methoxy groups -OCH3 is 2. The second kappa shape index (κ2) is 9.42. The van der Waals surface area contributed by atoms with E-state index in [2.05, 4.69) is 19.9 Å². The minimum atomic E-state index is -0.436. The monoisotopic (exact) mass is 522 g/mol. The van der Waals surface area contributed by atoms with Crippen LogP contribution in [0.3, 0.4) is 0 Å². The van der Waals surface area contributed by atoms with Gasteiger partial charge in [0, 0.05) is 49.0 Å². The second-order valence-electron chi connectivity index (χ2n) is 10.9. The Morgan fingerprint density at radius 3 is 2.47 bits per heavy atom. The molecule has 0 aromatic heterocycles. The first-order valence-electron chi connectivity index (χ1n) is 13.3. The molecule has 3 aliphatic rings. The number of carbonyl (C=O) groups is 2. The topological polar surface area (TPSA) is 59.1 Å². The van der Waals surface area contributed by atoms with Gasteiger partial charge in [-0.25, -0.2) is 13.7 Å². The lowest BCUT2D eigenvalue weighted by atomic mass is 9.80. The van der Waals surface area contributed by atoms with Crippen LogP contribution >= 0.6 is 0 Å². The van der Waals surface area contributed by atoms with Gasteiger partial charge in [-0.05, 0) is 49.2 Å². The molecular weight excluding hydrogens is 485 g/mol. The van der Waals surface area contributed by atoms with Gasteiger partial charge in [0.2, 0.25) is 0 Å². The lowest BCUT2D eigenvalue weighted by Gasteiger charge is -2.47. The zero-order valence-corrected chi connectivity index (χ0v) is 23.1. The molecule has 0 radical (unpaired) electrons. The van der Waals surface area contributed by atoms with Gasteiger partial charge >= 0.3 is 6.03 Å². The van der Waals surface area contributed by atoms with Gasteiger partial charge in [0.25, 0.3) is 5.91 Å². The predicted molar refractivity (Wildman–Crippen MR) is 143 cm³/mol. The standard InChI is InChI=1S/C30H37FN3O4/c1-7-34(4)29(36)33-18-22-16-23(37-5)17-25(38-6)27(22)20(3)15-26(33)30(34)10-12-32(13-11-30)28(35)21-8-9-24(31)19(2)14-21/h8-9,14-17,20H,7,10-13,18H2,1-6H3/q+1. The third-order valence-corrected chi connectivity index (χ3v) is 9.13. The number of piperidine rings is 1. The number of urea groups is 1. The van der Waals surface area contributed by atoms with Gasteiger partial charge in [0.1, 0.15) is 17.3 Å². The molecule has 5 rings (SSSR count). The van der Waals surface area contributed by atoms with E-state index < -0.39 is 5.54 Å². The summed E-state index contributed by atoms with van der Waals surface area (Å²) in [5.41, 5.74) is 3.66. The number of nitrogens with zero attached hydrogens (tertiary/aromatic N) is 3. The number of rotatable bonds is 4. The maximum atomic E-state index is 14.1. The van der Waals surface area contributed by atoms with E-state index in [0.29, 0.717) is 55.9 Å². The molecule has 3 aliphatic heterocycles. The van der Waals surface area contributed by atoms with Gasteiger partial charge in [0.05, 0.1) is 40.1 Å². The lowest BCUT2D eigenvalue weighted by Crippen LogP contribution is -2.64. The first-order valence-corrected chi connectivity index (χ1v) is 13.3. The van der Waals surface area contributed by atoms with Gasteiger partial charge in [0.15, 0.2) is 5.54 Å². The van der Waals surface area contributed by atoms with Crippen LogP contribution in [0.25, 0.3) is 0 Å². The molecule has 2 atom stereocenters. The summed E-state index contributed by atoms with van der Waals surface area (Å²) in [5.74, 6) is 1.08. The van der Waals surface area contributed by atoms with Crippen LogP contribution in [-0.4, -0.2) is 72.7 Å². The molecule has 0 saturated carbocycles. The van der Waals surface area contributed by atoms with E-state index in [4.69, 9.17) is 9.47 Å². The van der Waals surface area contributed by atoms with Crippen LogP contribution in [0, 0.1) is 12.7 Å². The molecule has 0 aliphatic carbocycles. The molecule has 2 aromatic rings. The van der Waals surface area contributed by atoms with Crippen molar-refractivity contribution in [3.63, 3.8) is 0 Å². The summed E-state index contributed by atoms with van der Waals surface area (Å²) in [5, 5.41) is 0. The van der Waals surface area contributed by atoms with Crippen LogP contribution in [0.5, 0.6) is 11.5 Å². The second-order valence-corrected chi connectivity index (χ2v) is 10.9. The highest BCUT2D eigenvalue weighted by Crippen LogP contribution is 2.52. The highest BCUT2D eigenvalue weighted by Gasteiger charge is 2.65. The molecule has 2 fully saturated rings. The zero-order valence-electron chi connectivity index (χ0n) is 23.1. The number of likely N-dealkylation sites (N-methyl/N-ethyl adjacent to an activating group) is 1. The Labute approximate surface area is 224 Å². The van der Waals surface area contributed by atoms with Crippen LogP contribution in [0.1, 0.15) is 59.7 Å². The third-order valence-electron chi connectivity index (χ3n) is 9.13. The highest BCUT2D eigenvalue weighted by molar-refractivity contribution is 5.94. The average Bonchev–Trinajstić information content (AvgIpc) is 3.02. The van der Waals surface area contributed by atoms with Crippen molar-refractivity contribution < 1.29 is 27.9 Å². The van der Waals surface area contributed by atoms with Gasteiger partial charge < -0.3 is 14.4 Å². The molecule has 8 heteroatoms. The largest absolute Gasteiger partial charge is 0.497 e. The van der Waals surface area contributed by atoms with Gasteiger partial charge in [-0.2, -0.15) is 0 Å². The van der Waals surface area contributed by atoms with Crippen molar-refractivity contribution >= 4 is 11.9 Å². The summed E-state index contributed by atoms with van der Waals surface area (Å²) in [6.45, 7) is 8.04. The van der Waals surface area contributed by atoms with Crippen molar-refractivity contribution in [2.24, 2.45) is 0 Å².